The fourth-order valence-electron chi connectivity index (χ4n) is 4.75. The number of hydrogen-bond donors (Lipinski definition) is 1. The highest BCUT2D eigenvalue weighted by Crippen LogP contribution is 2.36. The number of piperidine rings is 1. The van der Waals surface area contributed by atoms with Crippen LogP contribution in [0.3, 0.4) is 0 Å². The topological polar surface area (TPSA) is 108 Å². The molecule has 10 heteroatoms. The minimum absolute atomic E-state index is 0.251. The molecule has 0 unspecified atom stereocenters. The zero-order valence-electron chi connectivity index (χ0n) is 17.1. The second-order valence-electron chi connectivity index (χ2n) is 8.26. The van der Waals surface area contributed by atoms with Crippen molar-refractivity contribution in [1.82, 2.24) is 29.5 Å². The van der Waals surface area contributed by atoms with Gasteiger partial charge >= 0.3 is 0 Å². The summed E-state index contributed by atoms with van der Waals surface area (Å²) in [6, 6.07) is 2.32. The van der Waals surface area contributed by atoms with Gasteiger partial charge in [-0.2, -0.15) is 5.10 Å². The van der Waals surface area contributed by atoms with Gasteiger partial charge in [-0.15, -0.1) is 0 Å². The maximum absolute atomic E-state index is 11.9. The van der Waals surface area contributed by atoms with Gasteiger partial charge in [0.15, 0.2) is 5.65 Å². The van der Waals surface area contributed by atoms with Crippen molar-refractivity contribution in [1.29, 1.82) is 0 Å². The van der Waals surface area contributed by atoms with Gasteiger partial charge in [0.1, 0.15) is 6.33 Å². The number of sulfonamides is 1. The lowest BCUT2D eigenvalue weighted by atomic mass is 9.87. The molecular weight excluding hydrogens is 402 g/mol. The maximum Gasteiger partial charge on any atom is 0.211 e. The Kier molecular flexibility index (Phi) is 4.70. The number of nitrogens with one attached hydrogen (secondary N) is 1. The summed E-state index contributed by atoms with van der Waals surface area (Å²) >= 11 is 0. The highest BCUT2D eigenvalue weighted by molar-refractivity contribution is 7.88. The number of fused-ring (bicyclic) bond motifs is 2. The van der Waals surface area contributed by atoms with E-state index in [1.807, 2.05) is 12.3 Å². The van der Waals surface area contributed by atoms with Crippen molar-refractivity contribution >= 4 is 26.7 Å². The molecule has 0 amide bonds. The lowest BCUT2D eigenvalue weighted by Gasteiger charge is -2.38. The highest BCUT2D eigenvalue weighted by atomic mass is 32.2. The Morgan fingerprint density at radius 1 is 1.17 bits per heavy atom. The number of nitrogens with zero attached hydrogens (tertiary/aromatic N) is 6. The molecule has 2 aliphatic heterocycles. The molecule has 1 N–H and O–H groups in total. The molecule has 0 bridgehead atoms. The highest BCUT2D eigenvalue weighted by Gasteiger charge is 2.32. The molecule has 9 nitrogen and oxygen atoms in total. The van der Waals surface area contributed by atoms with Crippen molar-refractivity contribution in [2.45, 2.75) is 44.7 Å². The Bertz CT molecular complexity index is 1180. The maximum atomic E-state index is 11.9. The standard InChI is InChI=1S/C20H25N7O2S/c1-13-9-17-16(11-27(13)18-3-6-21-20-15(18)10-24-25-20)19(23-12-22-17)14-4-7-26(8-5-14)30(2,28)29/h3,6,10,12-14H,4-5,7-9,11H2,1-2H3,(H,21,24,25)/t13-/m1/s1. The summed E-state index contributed by atoms with van der Waals surface area (Å²) in [5.41, 5.74) is 5.24. The normalized spacial score (nSPS) is 21.1. The molecule has 3 aromatic heterocycles. The van der Waals surface area contributed by atoms with Gasteiger partial charge in [-0.25, -0.2) is 27.7 Å². The van der Waals surface area contributed by atoms with Crippen molar-refractivity contribution in [3.05, 3.63) is 41.7 Å². The van der Waals surface area contributed by atoms with E-state index in [9.17, 15) is 8.42 Å². The molecule has 158 valence electrons. The predicted molar refractivity (Wildman–Crippen MR) is 114 cm³/mol. The Hall–Kier alpha value is -2.59. The van der Waals surface area contributed by atoms with Crippen LogP contribution in [0, 0.1) is 0 Å². The number of H-pyrrole nitrogens is 1. The predicted octanol–water partition coefficient (Wildman–Crippen LogP) is 1.84. The van der Waals surface area contributed by atoms with Crippen LogP contribution in [0.2, 0.25) is 0 Å². The first-order chi connectivity index (χ1) is 14.4. The molecule has 0 saturated carbocycles. The summed E-state index contributed by atoms with van der Waals surface area (Å²) in [4.78, 5) is 16.0. The van der Waals surface area contributed by atoms with E-state index in [-0.39, 0.29) is 12.0 Å². The summed E-state index contributed by atoms with van der Waals surface area (Å²) in [5.74, 6) is 0.251. The van der Waals surface area contributed by atoms with Crippen LogP contribution in [0.5, 0.6) is 0 Å². The first-order valence-corrected chi connectivity index (χ1v) is 12.1. The lowest BCUT2D eigenvalue weighted by molar-refractivity contribution is 0.317. The van der Waals surface area contributed by atoms with Crippen LogP contribution in [0.1, 0.15) is 42.6 Å². The van der Waals surface area contributed by atoms with E-state index in [1.165, 1.54) is 11.8 Å². The summed E-state index contributed by atoms with van der Waals surface area (Å²) in [7, 11) is -3.14. The van der Waals surface area contributed by atoms with Gasteiger partial charge in [0.2, 0.25) is 10.0 Å². The van der Waals surface area contributed by atoms with Crippen LogP contribution in [0.4, 0.5) is 5.69 Å². The quantitative estimate of drug-likeness (QED) is 0.679. The molecule has 0 spiro atoms. The summed E-state index contributed by atoms with van der Waals surface area (Å²) < 4.78 is 25.3. The zero-order valence-corrected chi connectivity index (χ0v) is 17.9. The molecule has 5 heterocycles. The molecule has 2 aliphatic rings. The van der Waals surface area contributed by atoms with E-state index in [4.69, 9.17) is 0 Å². The third-order valence-electron chi connectivity index (χ3n) is 6.37. The number of aromatic amines is 1. The minimum atomic E-state index is -3.14. The Balaban J connectivity index is 1.47. The number of anilines is 1. The molecule has 1 fully saturated rings. The average molecular weight is 428 g/mol. The molecule has 1 atom stereocenters. The number of pyridine rings is 1. The number of hydrogen-bond acceptors (Lipinski definition) is 7. The van der Waals surface area contributed by atoms with Gasteiger partial charge in [0.25, 0.3) is 0 Å². The van der Waals surface area contributed by atoms with Crippen molar-refractivity contribution in [3.63, 3.8) is 0 Å². The van der Waals surface area contributed by atoms with Crippen LogP contribution in [-0.2, 0) is 23.0 Å². The second-order valence-corrected chi connectivity index (χ2v) is 10.2. The Morgan fingerprint density at radius 2 is 1.97 bits per heavy atom. The molecule has 0 aliphatic carbocycles. The van der Waals surface area contributed by atoms with Crippen molar-refractivity contribution < 1.29 is 8.42 Å². The third-order valence-corrected chi connectivity index (χ3v) is 7.67. The first-order valence-electron chi connectivity index (χ1n) is 10.2. The monoisotopic (exact) mass is 427 g/mol. The molecule has 0 aromatic carbocycles. The van der Waals surface area contributed by atoms with Crippen molar-refractivity contribution in [2.75, 3.05) is 24.2 Å². The van der Waals surface area contributed by atoms with Crippen molar-refractivity contribution in [2.24, 2.45) is 0 Å². The van der Waals surface area contributed by atoms with E-state index in [0.29, 0.717) is 13.1 Å². The smallest absolute Gasteiger partial charge is 0.211 e. The van der Waals surface area contributed by atoms with Crippen LogP contribution in [-0.4, -0.2) is 63.3 Å². The Morgan fingerprint density at radius 3 is 2.73 bits per heavy atom. The molecule has 3 aromatic rings. The van der Waals surface area contributed by atoms with Crippen LogP contribution < -0.4 is 4.90 Å². The minimum Gasteiger partial charge on any atom is -0.363 e. The van der Waals surface area contributed by atoms with Gasteiger partial charge in [-0.05, 0) is 25.8 Å². The largest absolute Gasteiger partial charge is 0.363 e. The second kappa shape index (κ2) is 7.28. The lowest BCUT2D eigenvalue weighted by Crippen LogP contribution is -2.41. The first kappa shape index (κ1) is 19.4. The molecule has 0 radical (unpaired) electrons. The Labute approximate surface area is 175 Å². The van der Waals surface area contributed by atoms with Gasteiger partial charge in [0, 0.05) is 49.8 Å². The average Bonchev–Trinajstić information content (AvgIpc) is 3.21. The van der Waals surface area contributed by atoms with Crippen LogP contribution >= 0.6 is 0 Å². The van der Waals surface area contributed by atoms with Gasteiger partial charge in [-0.3, -0.25) is 5.10 Å². The number of rotatable bonds is 3. The van der Waals surface area contributed by atoms with Gasteiger partial charge < -0.3 is 4.90 Å². The van der Waals surface area contributed by atoms with E-state index < -0.39 is 10.0 Å². The summed E-state index contributed by atoms with van der Waals surface area (Å²) in [6.45, 7) is 4.02. The van der Waals surface area contributed by atoms with Gasteiger partial charge in [-0.1, -0.05) is 0 Å². The van der Waals surface area contributed by atoms with E-state index in [2.05, 4.69) is 37.0 Å². The van der Waals surface area contributed by atoms with Gasteiger partial charge in [0.05, 0.1) is 34.9 Å². The van der Waals surface area contributed by atoms with E-state index >= 15 is 0 Å². The van der Waals surface area contributed by atoms with Crippen molar-refractivity contribution in [3.8, 4) is 0 Å². The van der Waals surface area contributed by atoms with E-state index in [0.717, 1.165) is 53.9 Å². The SMILES string of the molecule is C[C@@H]1Cc2ncnc(C3CCN(S(C)(=O)=O)CC3)c2CN1c1ccnc2[nH]ncc12. The van der Waals surface area contributed by atoms with E-state index in [1.54, 1.807) is 16.8 Å². The fourth-order valence-corrected chi connectivity index (χ4v) is 5.63. The third kappa shape index (κ3) is 3.33. The zero-order chi connectivity index (χ0) is 20.9. The number of aromatic nitrogens is 5. The molecule has 30 heavy (non-hydrogen) atoms. The molecule has 1 saturated heterocycles. The molecular formula is C20H25N7O2S. The fraction of sp³-hybridized carbons (Fsp3) is 0.500. The van der Waals surface area contributed by atoms with Crippen LogP contribution in [0.25, 0.3) is 11.0 Å². The van der Waals surface area contributed by atoms with Crippen LogP contribution in [0.15, 0.2) is 24.8 Å². The summed E-state index contributed by atoms with van der Waals surface area (Å²) in [5, 5.41) is 8.10. The summed E-state index contributed by atoms with van der Waals surface area (Å²) in [6.07, 6.45) is 8.99. The molecule has 5 rings (SSSR count).